The highest BCUT2D eigenvalue weighted by Crippen LogP contribution is 2.24. The monoisotopic (exact) mass is 385 g/mol. The molecule has 4 rings (SSSR count). The lowest BCUT2D eigenvalue weighted by Gasteiger charge is -1.95. The van der Waals surface area contributed by atoms with Crippen LogP contribution in [0.15, 0.2) is 43.7 Å². The Hall–Kier alpha value is -2.52. The van der Waals surface area contributed by atoms with Crippen molar-refractivity contribution in [2.45, 2.75) is 31.2 Å². The van der Waals surface area contributed by atoms with Crippen LogP contribution < -0.4 is 0 Å². The number of hydrogen-bond donors (Lipinski definition) is 0. The van der Waals surface area contributed by atoms with Crippen LogP contribution in [0.4, 0.5) is 0 Å². The van der Waals surface area contributed by atoms with Gasteiger partial charge in [0.05, 0.1) is 22.9 Å². The fourth-order valence-corrected chi connectivity index (χ4v) is 3.49. The van der Waals surface area contributed by atoms with Gasteiger partial charge in [0.25, 0.3) is 5.22 Å². The van der Waals surface area contributed by atoms with E-state index >= 15 is 0 Å². The highest BCUT2D eigenvalue weighted by atomic mass is 32.2. The highest BCUT2D eigenvalue weighted by Gasteiger charge is 2.13. The summed E-state index contributed by atoms with van der Waals surface area (Å²) >= 11 is 2.97. The van der Waals surface area contributed by atoms with E-state index in [0.717, 1.165) is 16.3 Å². The summed E-state index contributed by atoms with van der Waals surface area (Å²) in [7, 11) is 0. The number of rotatable bonds is 6. The van der Waals surface area contributed by atoms with E-state index < -0.39 is 0 Å². The second-order valence-corrected chi connectivity index (χ2v) is 7.64. The van der Waals surface area contributed by atoms with Crippen LogP contribution in [0, 0.1) is 13.8 Å². The summed E-state index contributed by atoms with van der Waals surface area (Å²) in [5.41, 5.74) is 3.02. The van der Waals surface area contributed by atoms with E-state index in [1.807, 2.05) is 43.5 Å². The van der Waals surface area contributed by atoms with E-state index in [0.29, 0.717) is 35.1 Å². The Morgan fingerprint density at radius 1 is 0.962 bits per heavy atom. The van der Waals surface area contributed by atoms with Gasteiger partial charge in [-0.05, 0) is 26.0 Å². The van der Waals surface area contributed by atoms with Gasteiger partial charge in [-0.15, -0.1) is 31.7 Å². The number of nitrogens with zero attached hydrogens (tertiary/aromatic N) is 5. The molecule has 0 saturated carbocycles. The zero-order chi connectivity index (χ0) is 17.9. The van der Waals surface area contributed by atoms with E-state index in [1.54, 1.807) is 11.3 Å². The molecule has 9 heteroatoms. The molecule has 7 nitrogen and oxygen atoms in total. The first kappa shape index (κ1) is 16.9. The van der Waals surface area contributed by atoms with Gasteiger partial charge in [-0.2, -0.15) is 0 Å². The molecular weight excluding hydrogens is 370 g/mol. The van der Waals surface area contributed by atoms with Crippen LogP contribution in [-0.2, 0) is 12.2 Å². The van der Waals surface area contributed by atoms with Gasteiger partial charge < -0.3 is 8.83 Å². The standard InChI is InChI=1S/C17H15N5O2S2/c1-10-3-5-12(6-4-10)16-21-20-15(23-16)9-26-17-22-19-14(24-17)7-13-8-25-11(2)18-13/h3-6,8H,7,9H2,1-2H3. The molecule has 1 aromatic carbocycles. The molecule has 0 atom stereocenters. The molecule has 0 unspecified atom stereocenters. The number of aryl methyl sites for hydroxylation is 2. The van der Waals surface area contributed by atoms with Gasteiger partial charge >= 0.3 is 0 Å². The minimum atomic E-state index is 0.469. The fourth-order valence-electron chi connectivity index (χ4n) is 2.26. The normalized spacial score (nSPS) is 11.2. The van der Waals surface area contributed by atoms with Crippen LogP contribution in [0.1, 0.15) is 28.0 Å². The summed E-state index contributed by atoms with van der Waals surface area (Å²) in [5, 5.41) is 19.7. The number of thioether (sulfide) groups is 1. The molecule has 132 valence electrons. The van der Waals surface area contributed by atoms with Crippen molar-refractivity contribution in [1.82, 2.24) is 25.4 Å². The lowest BCUT2D eigenvalue weighted by Crippen LogP contribution is -1.88. The highest BCUT2D eigenvalue weighted by molar-refractivity contribution is 7.98. The smallest absolute Gasteiger partial charge is 0.277 e. The van der Waals surface area contributed by atoms with Crippen LogP contribution in [0.2, 0.25) is 0 Å². The van der Waals surface area contributed by atoms with E-state index in [2.05, 4.69) is 25.4 Å². The molecule has 0 aliphatic carbocycles. The van der Waals surface area contributed by atoms with Crippen molar-refractivity contribution in [2.75, 3.05) is 0 Å². The second-order valence-electron chi connectivity index (χ2n) is 5.65. The van der Waals surface area contributed by atoms with Gasteiger partial charge in [0, 0.05) is 10.9 Å². The van der Waals surface area contributed by atoms with E-state index in [1.165, 1.54) is 17.3 Å². The van der Waals surface area contributed by atoms with Gasteiger partial charge in [0.15, 0.2) is 0 Å². The van der Waals surface area contributed by atoms with Crippen molar-refractivity contribution in [2.24, 2.45) is 0 Å². The summed E-state index contributed by atoms with van der Waals surface area (Å²) in [6, 6.07) is 7.95. The number of thiazole rings is 1. The molecule has 0 aliphatic heterocycles. The van der Waals surface area contributed by atoms with Crippen LogP contribution in [0.25, 0.3) is 11.5 Å². The lowest BCUT2D eigenvalue weighted by molar-refractivity contribution is 0.418. The topological polar surface area (TPSA) is 90.7 Å². The average molecular weight is 385 g/mol. The van der Waals surface area contributed by atoms with E-state index in [4.69, 9.17) is 8.83 Å². The molecule has 0 N–H and O–H groups in total. The molecule has 3 heterocycles. The largest absolute Gasteiger partial charge is 0.420 e. The second kappa shape index (κ2) is 7.38. The first-order valence-corrected chi connectivity index (χ1v) is 9.78. The molecule has 0 radical (unpaired) electrons. The Morgan fingerprint density at radius 3 is 2.54 bits per heavy atom. The molecule has 0 amide bonds. The quantitative estimate of drug-likeness (QED) is 0.459. The van der Waals surface area contributed by atoms with Crippen LogP contribution in [0.5, 0.6) is 0 Å². The van der Waals surface area contributed by atoms with Crippen molar-refractivity contribution in [3.8, 4) is 11.5 Å². The summed E-state index contributed by atoms with van der Waals surface area (Å²) in [5.74, 6) is 2.03. The number of hydrogen-bond acceptors (Lipinski definition) is 9. The Balaban J connectivity index is 1.36. The molecule has 0 spiro atoms. The Kier molecular flexibility index (Phi) is 4.81. The third kappa shape index (κ3) is 4.00. The Bertz CT molecular complexity index is 1010. The Morgan fingerprint density at radius 2 is 1.77 bits per heavy atom. The Labute approximate surface area is 157 Å². The minimum Gasteiger partial charge on any atom is -0.420 e. The SMILES string of the molecule is Cc1ccc(-c2nnc(CSc3nnc(Cc4csc(C)n4)o3)o2)cc1. The van der Waals surface area contributed by atoms with Gasteiger partial charge in [-0.25, -0.2) is 4.98 Å². The maximum atomic E-state index is 5.69. The van der Waals surface area contributed by atoms with Crippen molar-refractivity contribution in [1.29, 1.82) is 0 Å². The zero-order valence-corrected chi connectivity index (χ0v) is 15.8. The van der Waals surface area contributed by atoms with Crippen molar-refractivity contribution in [3.05, 3.63) is 57.7 Å². The van der Waals surface area contributed by atoms with Crippen LogP contribution in [-0.4, -0.2) is 25.4 Å². The van der Waals surface area contributed by atoms with Crippen molar-refractivity contribution >= 4 is 23.1 Å². The molecule has 0 saturated heterocycles. The summed E-state index contributed by atoms with van der Waals surface area (Å²) in [6.45, 7) is 4.01. The van der Waals surface area contributed by atoms with Crippen LogP contribution in [0.3, 0.4) is 0 Å². The lowest BCUT2D eigenvalue weighted by atomic mass is 10.1. The predicted molar refractivity (Wildman–Crippen MR) is 98.0 cm³/mol. The molecule has 26 heavy (non-hydrogen) atoms. The van der Waals surface area contributed by atoms with Gasteiger partial charge in [-0.1, -0.05) is 29.5 Å². The number of benzene rings is 1. The average Bonchev–Trinajstić information content (AvgIpc) is 3.36. The van der Waals surface area contributed by atoms with Gasteiger partial charge in [0.2, 0.25) is 17.7 Å². The van der Waals surface area contributed by atoms with Crippen LogP contribution >= 0.6 is 23.1 Å². The van der Waals surface area contributed by atoms with Gasteiger partial charge in [0.1, 0.15) is 0 Å². The number of aromatic nitrogens is 5. The first-order valence-electron chi connectivity index (χ1n) is 7.91. The summed E-state index contributed by atoms with van der Waals surface area (Å²) in [4.78, 5) is 4.40. The molecule has 0 fully saturated rings. The molecule has 0 bridgehead atoms. The van der Waals surface area contributed by atoms with E-state index in [9.17, 15) is 0 Å². The minimum absolute atomic E-state index is 0.469. The molecular formula is C17H15N5O2S2. The molecule has 0 aliphatic rings. The van der Waals surface area contributed by atoms with Crippen molar-refractivity contribution in [3.63, 3.8) is 0 Å². The summed E-state index contributed by atoms with van der Waals surface area (Å²) in [6.07, 6.45) is 0.538. The van der Waals surface area contributed by atoms with E-state index in [-0.39, 0.29) is 0 Å². The van der Waals surface area contributed by atoms with Crippen molar-refractivity contribution < 1.29 is 8.83 Å². The third-order valence-electron chi connectivity index (χ3n) is 3.53. The molecule has 3 aromatic heterocycles. The fraction of sp³-hybridized carbons (Fsp3) is 0.235. The predicted octanol–water partition coefficient (Wildman–Crippen LogP) is 4.08. The third-order valence-corrected chi connectivity index (χ3v) is 5.16. The maximum Gasteiger partial charge on any atom is 0.277 e. The maximum absolute atomic E-state index is 5.69. The van der Waals surface area contributed by atoms with Gasteiger partial charge in [-0.3, -0.25) is 0 Å². The molecule has 4 aromatic rings. The summed E-state index contributed by atoms with van der Waals surface area (Å²) < 4.78 is 11.3. The first-order chi connectivity index (χ1) is 12.7. The zero-order valence-electron chi connectivity index (χ0n) is 14.2.